The number of carbonyl (C=O) groups is 1. The van der Waals surface area contributed by atoms with Crippen molar-refractivity contribution in [3.05, 3.63) is 56.7 Å². The van der Waals surface area contributed by atoms with Crippen LogP contribution in [0.15, 0.2) is 36.4 Å². The van der Waals surface area contributed by atoms with Gasteiger partial charge in [-0.25, -0.2) is 4.79 Å². The third-order valence-electron chi connectivity index (χ3n) is 3.02. The summed E-state index contributed by atoms with van der Waals surface area (Å²) >= 11 is 7.50. The van der Waals surface area contributed by atoms with Gasteiger partial charge in [0.2, 0.25) is 0 Å². The molecule has 3 nitrogen and oxygen atoms in total. The van der Waals surface area contributed by atoms with Crippen LogP contribution in [-0.4, -0.2) is 18.1 Å². The molecule has 0 amide bonds. The van der Waals surface area contributed by atoms with E-state index in [4.69, 9.17) is 16.7 Å². The normalized spacial score (nSPS) is 11.0. The number of benzene rings is 1. The minimum Gasteiger partial charge on any atom is -0.478 e. The van der Waals surface area contributed by atoms with Crippen LogP contribution in [0.1, 0.15) is 16.0 Å². The number of thiophene rings is 1. The Morgan fingerprint density at radius 3 is 2.76 bits per heavy atom. The van der Waals surface area contributed by atoms with Crippen LogP contribution in [0.4, 0.5) is 5.69 Å². The van der Waals surface area contributed by atoms with Crippen LogP contribution < -0.4 is 4.90 Å². The van der Waals surface area contributed by atoms with Crippen molar-refractivity contribution < 1.29 is 9.90 Å². The Bertz CT molecular complexity index is 679. The van der Waals surface area contributed by atoms with Gasteiger partial charge in [0.1, 0.15) is 0 Å². The predicted octanol–water partition coefficient (Wildman–Crippen LogP) is 4.44. The summed E-state index contributed by atoms with van der Waals surface area (Å²) in [7, 11) is 1.98. The SMILES string of the molecule is Cc1ccc(N(C)Cc2ccc(Cl)s2)c(/C=C/C(=O)O)c1. The van der Waals surface area contributed by atoms with Crippen LogP contribution in [0.5, 0.6) is 0 Å². The van der Waals surface area contributed by atoms with Gasteiger partial charge in [-0.15, -0.1) is 11.3 Å². The molecule has 110 valence electrons. The van der Waals surface area contributed by atoms with Crippen molar-refractivity contribution in [3.8, 4) is 0 Å². The molecule has 0 saturated heterocycles. The average molecular weight is 322 g/mol. The molecule has 0 aliphatic rings. The number of hydrogen-bond donors (Lipinski definition) is 1. The monoisotopic (exact) mass is 321 g/mol. The van der Waals surface area contributed by atoms with E-state index in [1.54, 1.807) is 17.4 Å². The molecule has 0 radical (unpaired) electrons. The molecule has 1 aromatic heterocycles. The highest BCUT2D eigenvalue weighted by molar-refractivity contribution is 7.16. The summed E-state index contributed by atoms with van der Waals surface area (Å²) in [4.78, 5) is 14.0. The number of anilines is 1. The first-order valence-electron chi connectivity index (χ1n) is 6.42. The molecular formula is C16H16ClNO2S. The second-order valence-corrected chi connectivity index (χ2v) is 6.60. The summed E-state index contributed by atoms with van der Waals surface area (Å²) in [6.07, 6.45) is 2.79. The van der Waals surface area contributed by atoms with Crippen LogP contribution in [0.3, 0.4) is 0 Å². The molecule has 0 saturated carbocycles. The molecule has 0 aliphatic heterocycles. The first kappa shape index (κ1) is 15.6. The Labute approximate surface area is 133 Å². The van der Waals surface area contributed by atoms with Gasteiger partial charge >= 0.3 is 5.97 Å². The second-order valence-electron chi connectivity index (χ2n) is 4.80. The van der Waals surface area contributed by atoms with Crippen molar-refractivity contribution in [1.29, 1.82) is 0 Å². The fourth-order valence-corrected chi connectivity index (χ4v) is 3.21. The first-order chi connectivity index (χ1) is 9.95. The Kier molecular flexibility index (Phi) is 5.04. The third kappa shape index (κ3) is 4.34. The molecule has 1 aromatic carbocycles. The average Bonchev–Trinajstić information content (AvgIpc) is 2.81. The second kappa shape index (κ2) is 6.78. The molecule has 0 fully saturated rings. The number of carboxylic acid groups (broad SMARTS) is 1. The summed E-state index contributed by atoms with van der Waals surface area (Å²) < 4.78 is 0.772. The Balaban J connectivity index is 2.27. The fraction of sp³-hybridized carbons (Fsp3) is 0.188. The minimum atomic E-state index is -0.949. The van der Waals surface area contributed by atoms with Gasteiger partial charge in [-0.2, -0.15) is 0 Å². The van der Waals surface area contributed by atoms with Gasteiger partial charge < -0.3 is 10.0 Å². The molecular weight excluding hydrogens is 306 g/mol. The lowest BCUT2D eigenvalue weighted by molar-refractivity contribution is -0.131. The lowest BCUT2D eigenvalue weighted by Gasteiger charge is -2.21. The first-order valence-corrected chi connectivity index (χ1v) is 7.62. The number of hydrogen-bond acceptors (Lipinski definition) is 3. The topological polar surface area (TPSA) is 40.5 Å². The maximum absolute atomic E-state index is 10.7. The molecule has 21 heavy (non-hydrogen) atoms. The Morgan fingerprint density at radius 2 is 2.14 bits per heavy atom. The molecule has 5 heteroatoms. The van der Waals surface area contributed by atoms with Crippen molar-refractivity contribution in [3.63, 3.8) is 0 Å². The lowest BCUT2D eigenvalue weighted by atomic mass is 10.1. The zero-order chi connectivity index (χ0) is 15.4. The zero-order valence-electron chi connectivity index (χ0n) is 11.8. The summed E-state index contributed by atoms with van der Waals surface area (Å²) in [5, 5.41) is 8.80. The van der Waals surface area contributed by atoms with E-state index in [-0.39, 0.29) is 0 Å². The number of halogens is 1. The Morgan fingerprint density at radius 1 is 1.38 bits per heavy atom. The van der Waals surface area contributed by atoms with Gasteiger partial charge in [0.05, 0.1) is 10.9 Å². The van der Waals surface area contributed by atoms with Crippen LogP contribution in [-0.2, 0) is 11.3 Å². The number of aryl methyl sites for hydroxylation is 1. The van der Waals surface area contributed by atoms with Gasteiger partial charge in [-0.05, 0) is 42.8 Å². The Hall–Kier alpha value is -1.78. The lowest BCUT2D eigenvalue weighted by Crippen LogP contribution is -2.16. The molecule has 0 bridgehead atoms. The number of nitrogens with zero attached hydrogens (tertiary/aromatic N) is 1. The highest BCUT2D eigenvalue weighted by Crippen LogP contribution is 2.27. The van der Waals surface area contributed by atoms with E-state index in [1.807, 2.05) is 44.3 Å². The predicted molar refractivity (Wildman–Crippen MR) is 89.3 cm³/mol. The van der Waals surface area contributed by atoms with E-state index in [9.17, 15) is 4.79 Å². The van der Waals surface area contributed by atoms with E-state index in [0.717, 1.165) is 38.6 Å². The molecule has 2 aromatic rings. The van der Waals surface area contributed by atoms with E-state index in [0.29, 0.717) is 0 Å². The van der Waals surface area contributed by atoms with Crippen molar-refractivity contribution >= 4 is 40.7 Å². The smallest absolute Gasteiger partial charge is 0.328 e. The summed E-state index contributed by atoms with van der Waals surface area (Å²) in [6.45, 7) is 2.72. The van der Waals surface area contributed by atoms with Gasteiger partial charge in [-0.1, -0.05) is 23.2 Å². The summed E-state index contributed by atoms with van der Waals surface area (Å²) in [6, 6.07) is 9.89. The molecule has 0 spiro atoms. The highest BCUT2D eigenvalue weighted by Gasteiger charge is 2.08. The van der Waals surface area contributed by atoms with E-state index in [2.05, 4.69) is 4.90 Å². The molecule has 2 rings (SSSR count). The maximum Gasteiger partial charge on any atom is 0.328 e. The van der Waals surface area contributed by atoms with Crippen molar-refractivity contribution in [2.24, 2.45) is 0 Å². The number of aliphatic carboxylic acids is 1. The quantitative estimate of drug-likeness (QED) is 0.827. The van der Waals surface area contributed by atoms with Crippen LogP contribution in [0.2, 0.25) is 4.34 Å². The maximum atomic E-state index is 10.7. The minimum absolute atomic E-state index is 0.731. The fourth-order valence-electron chi connectivity index (χ4n) is 2.07. The zero-order valence-corrected chi connectivity index (χ0v) is 13.4. The van der Waals surface area contributed by atoms with Crippen LogP contribution in [0.25, 0.3) is 6.08 Å². The van der Waals surface area contributed by atoms with Crippen LogP contribution in [0, 0.1) is 6.92 Å². The largest absolute Gasteiger partial charge is 0.478 e. The van der Waals surface area contributed by atoms with E-state index < -0.39 is 5.97 Å². The molecule has 0 atom stereocenters. The molecule has 1 heterocycles. The van der Waals surface area contributed by atoms with Crippen molar-refractivity contribution in [2.75, 3.05) is 11.9 Å². The van der Waals surface area contributed by atoms with Crippen molar-refractivity contribution in [2.45, 2.75) is 13.5 Å². The van der Waals surface area contributed by atoms with Gasteiger partial charge in [0.15, 0.2) is 0 Å². The summed E-state index contributed by atoms with van der Waals surface area (Å²) in [5.41, 5.74) is 2.97. The van der Waals surface area contributed by atoms with E-state index >= 15 is 0 Å². The van der Waals surface area contributed by atoms with Gasteiger partial charge in [0, 0.05) is 23.7 Å². The molecule has 0 aliphatic carbocycles. The molecule has 1 N–H and O–H groups in total. The van der Waals surface area contributed by atoms with Crippen LogP contribution >= 0.6 is 22.9 Å². The van der Waals surface area contributed by atoms with Gasteiger partial charge in [0.25, 0.3) is 0 Å². The summed E-state index contributed by atoms with van der Waals surface area (Å²) in [5.74, 6) is -0.949. The van der Waals surface area contributed by atoms with Crippen molar-refractivity contribution in [1.82, 2.24) is 0 Å². The van der Waals surface area contributed by atoms with E-state index in [1.165, 1.54) is 0 Å². The number of rotatable bonds is 5. The standard InChI is InChI=1S/C16H16ClNO2S/c1-11-3-6-14(12(9-11)4-8-16(19)20)18(2)10-13-5-7-15(17)21-13/h3-9H,10H2,1-2H3,(H,19,20)/b8-4+. The third-order valence-corrected chi connectivity index (χ3v) is 4.24. The van der Waals surface area contributed by atoms with Gasteiger partial charge in [-0.3, -0.25) is 0 Å². The number of carboxylic acids is 1. The highest BCUT2D eigenvalue weighted by atomic mass is 35.5. The molecule has 0 unspecified atom stereocenters.